The highest BCUT2D eigenvalue weighted by Gasteiger charge is 2.21. The van der Waals surface area contributed by atoms with Gasteiger partial charge < -0.3 is 5.11 Å². The number of rotatable bonds is 3. The summed E-state index contributed by atoms with van der Waals surface area (Å²) in [5.41, 5.74) is 0.959. The van der Waals surface area contributed by atoms with E-state index in [1.54, 1.807) is 0 Å². The molecule has 3 heteroatoms. The lowest BCUT2D eigenvalue weighted by Crippen LogP contribution is -2.15. The van der Waals surface area contributed by atoms with Gasteiger partial charge in [0.1, 0.15) is 0 Å². The largest absolute Gasteiger partial charge is 0.392 e. The van der Waals surface area contributed by atoms with Gasteiger partial charge in [-0.2, -0.15) is 0 Å². The van der Waals surface area contributed by atoms with E-state index in [1.807, 2.05) is 30.0 Å². The lowest BCUT2D eigenvalue weighted by Gasteiger charge is -2.27. The van der Waals surface area contributed by atoms with Gasteiger partial charge in [0, 0.05) is 10.1 Å². The number of hydrogen-bond donors (Lipinski definition) is 1. The number of halogens is 1. The zero-order chi connectivity index (χ0) is 12.3. The first-order chi connectivity index (χ1) is 8.20. The Kier molecular flexibility index (Phi) is 4.78. The smallest absolute Gasteiger partial charge is 0.0693 e. The summed E-state index contributed by atoms with van der Waals surface area (Å²) in [6.07, 6.45) is 5.20. The Hall–Kier alpha value is -0.180. The highest BCUT2D eigenvalue weighted by atomic mass is 35.5. The van der Waals surface area contributed by atoms with E-state index in [4.69, 9.17) is 11.6 Å². The molecule has 0 spiro atoms. The second-order valence-electron chi connectivity index (χ2n) is 4.90. The van der Waals surface area contributed by atoms with Gasteiger partial charge >= 0.3 is 0 Å². The second-order valence-corrected chi connectivity index (χ2v) is 6.62. The van der Waals surface area contributed by atoms with Crippen LogP contribution in [0.15, 0.2) is 23.1 Å². The molecule has 0 radical (unpaired) electrons. The van der Waals surface area contributed by atoms with Crippen LogP contribution in [0.2, 0.25) is 5.02 Å². The van der Waals surface area contributed by atoms with Crippen molar-refractivity contribution in [2.24, 2.45) is 5.92 Å². The van der Waals surface area contributed by atoms with Crippen molar-refractivity contribution in [2.75, 3.05) is 0 Å². The van der Waals surface area contributed by atoms with Gasteiger partial charge in [-0.1, -0.05) is 43.5 Å². The molecular formula is C14H19ClOS. The number of aliphatic hydroxyl groups excluding tert-OH is 1. The van der Waals surface area contributed by atoms with E-state index in [1.165, 1.54) is 25.7 Å². The molecule has 2 unspecified atom stereocenters. The average molecular weight is 271 g/mol. The maximum Gasteiger partial charge on any atom is 0.0693 e. The van der Waals surface area contributed by atoms with Crippen molar-refractivity contribution in [1.29, 1.82) is 0 Å². The van der Waals surface area contributed by atoms with Crippen LogP contribution in [0.5, 0.6) is 0 Å². The molecule has 1 nitrogen and oxygen atoms in total. The van der Waals surface area contributed by atoms with Crippen LogP contribution in [0.1, 0.15) is 38.2 Å². The summed E-state index contributed by atoms with van der Waals surface area (Å²) < 4.78 is 0. The molecule has 17 heavy (non-hydrogen) atoms. The molecule has 94 valence electrons. The van der Waals surface area contributed by atoms with Gasteiger partial charge in [-0.15, -0.1) is 11.8 Å². The van der Waals surface area contributed by atoms with E-state index in [0.29, 0.717) is 5.25 Å². The molecule has 1 fully saturated rings. The molecule has 0 heterocycles. The zero-order valence-corrected chi connectivity index (χ0v) is 11.7. The van der Waals surface area contributed by atoms with Crippen molar-refractivity contribution in [3.8, 4) is 0 Å². The third-order valence-corrected chi connectivity index (χ3v) is 5.30. The fourth-order valence-electron chi connectivity index (χ4n) is 2.46. The van der Waals surface area contributed by atoms with E-state index in [0.717, 1.165) is 21.4 Å². The molecule has 1 aromatic rings. The Morgan fingerprint density at radius 3 is 2.94 bits per heavy atom. The monoisotopic (exact) mass is 270 g/mol. The first-order valence-electron chi connectivity index (χ1n) is 6.25. The van der Waals surface area contributed by atoms with E-state index >= 15 is 0 Å². The third kappa shape index (κ3) is 3.40. The summed E-state index contributed by atoms with van der Waals surface area (Å²) in [6, 6.07) is 5.78. The SMILES string of the molecule is CC1CCCC(Sc2c(Cl)cccc2CO)C1. The molecular weight excluding hydrogens is 252 g/mol. The van der Waals surface area contributed by atoms with Gasteiger partial charge in [0.25, 0.3) is 0 Å². The molecule has 0 aromatic heterocycles. The van der Waals surface area contributed by atoms with E-state index < -0.39 is 0 Å². The minimum atomic E-state index is 0.0746. The Bertz CT molecular complexity index is 380. The van der Waals surface area contributed by atoms with Crippen LogP contribution < -0.4 is 0 Å². The van der Waals surface area contributed by atoms with Crippen molar-refractivity contribution in [3.63, 3.8) is 0 Å². The van der Waals surface area contributed by atoms with Gasteiger partial charge in [-0.25, -0.2) is 0 Å². The summed E-state index contributed by atoms with van der Waals surface area (Å²) in [7, 11) is 0. The third-order valence-electron chi connectivity index (χ3n) is 3.39. The Morgan fingerprint density at radius 2 is 2.24 bits per heavy atom. The minimum Gasteiger partial charge on any atom is -0.392 e. The second kappa shape index (κ2) is 6.12. The predicted octanol–water partition coefficient (Wildman–Crippen LogP) is 4.50. The van der Waals surface area contributed by atoms with Crippen LogP contribution in [0, 0.1) is 5.92 Å². The number of benzene rings is 1. The topological polar surface area (TPSA) is 20.2 Å². The summed E-state index contributed by atoms with van der Waals surface area (Å²) in [6.45, 7) is 2.40. The highest BCUT2D eigenvalue weighted by Crippen LogP contribution is 2.40. The lowest BCUT2D eigenvalue weighted by molar-refractivity contribution is 0.279. The molecule has 1 aliphatic carbocycles. The maximum absolute atomic E-state index is 9.35. The first kappa shape index (κ1) is 13.3. The molecule has 0 aliphatic heterocycles. The van der Waals surface area contributed by atoms with E-state index in [2.05, 4.69) is 6.92 Å². The molecule has 1 N–H and O–H groups in total. The standard InChI is InChI=1S/C14H19ClOS/c1-10-4-2-6-12(8-10)17-14-11(9-16)5-3-7-13(14)15/h3,5,7,10,12,16H,2,4,6,8-9H2,1H3. The lowest BCUT2D eigenvalue weighted by atomic mass is 9.91. The maximum atomic E-state index is 9.35. The van der Waals surface area contributed by atoms with Crippen LogP contribution in [-0.2, 0) is 6.61 Å². The number of hydrogen-bond acceptors (Lipinski definition) is 2. The Morgan fingerprint density at radius 1 is 1.41 bits per heavy atom. The van der Waals surface area contributed by atoms with Gasteiger partial charge in [-0.3, -0.25) is 0 Å². The predicted molar refractivity (Wildman–Crippen MR) is 74.7 cm³/mol. The van der Waals surface area contributed by atoms with Crippen molar-refractivity contribution in [3.05, 3.63) is 28.8 Å². The van der Waals surface area contributed by atoms with Crippen molar-refractivity contribution in [2.45, 2.75) is 49.4 Å². The van der Waals surface area contributed by atoms with Crippen molar-refractivity contribution in [1.82, 2.24) is 0 Å². The molecule has 2 rings (SSSR count). The fourth-order valence-corrected chi connectivity index (χ4v) is 4.30. The Labute approximate surface area is 113 Å². The van der Waals surface area contributed by atoms with Gasteiger partial charge in [0.15, 0.2) is 0 Å². The molecule has 0 bridgehead atoms. The molecule has 1 aliphatic rings. The minimum absolute atomic E-state index is 0.0746. The first-order valence-corrected chi connectivity index (χ1v) is 7.51. The molecule has 1 saturated carbocycles. The van der Waals surface area contributed by atoms with Crippen molar-refractivity contribution < 1.29 is 5.11 Å². The normalized spacial score (nSPS) is 24.9. The number of aliphatic hydroxyl groups is 1. The van der Waals surface area contributed by atoms with Crippen LogP contribution >= 0.6 is 23.4 Å². The fraction of sp³-hybridized carbons (Fsp3) is 0.571. The molecule has 2 atom stereocenters. The van der Waals surface area contributed by atoms with Gasteiger partial charge in [0.2, 0.25) is 0 Å². The van der Waals surface area contributed by atoms with Crippen molar-refractivity contribution >= 4 is 23.4 Å². The van der Waals surface area contributed by atoms with Crippen LogP contribution in [0.25, 0.3) is 0 Å². The number of thioether (sulfide) groups is 1. The summed E-state index contributed by atoms with van der Waals surface area (Å²) in [4.78, 5) is 1.08. The van der Waals surface area contributed by atoms with E-state index in [9.17, 15) is 5.11 Å². The highest BCUT2D eigenvalue weighted by molar-refractivity contribution is 8.00. The summed E-state index contributed by atoms with van der Waals surface area (Å²) in [5.74, 6) is 0.821. The van der Waals surface area contributed by atoms with Gasteiger partial charge in [0.05, 0.1) is 11.6 Å². The van der Waals surface area contributed by atoms with Crippen LogP contribution in [0.3, 0.4) is 0 Å². The summed E-state index contributed by atoms with van der Waals surface area (Å²) >= 11 is 8.09. The molecule has 0 saturated heterocycles. The summed E-state index contributed by atoms with van der Waals surface area (Å²) in [5, 5.41) is 10.8. The van der Waals surface area contributed by atoms with Crippen LogP contribution in [-0.4, -0.2) is 10.4 Å². The van der Waals surface area contributed by atoms with E-state index in [-0.39, 0.29) is 6.61 Å². The molecule has 0 amide bonds. The zero-order valence-electron chi connectivity index (χ0n) is 10.2. The Balaban J connectivity index is 2.12. The average Bonchev–Trinajstić information content (AvgIpc) is 2.32. The quantitative estimate of drug-likeness (QED) is 0.872. The molecule has 1 aromatic carbocycles. The van der Waals surface area contributed by atoms with Crippen LogP contribution in [0.4, 0.5) is 0 Å². The van der Waals surface area contributed by atoms with Gasteiger partial charge in [-0.05, 0) is 30.4 Å².